The Balaban J connectivity index is 2.46. The highest BCUT2D eigenvalue weighted by Crippen LogP contribution is 2.30. The number of thioether (sulfide) groups is 1. The van der Waals surface area contributed by atoms with Gasteiger partial charge in [-0.25, -0.2) is 0 Å². The molecule has 1 atom stereocenters. The third-order valence-corrected chi connectivity index (χ3v) is 3.17. The molecule has 0 amide bonds. The van der Waals surface area contributed by atoms with Crippen LogP contribution in [0.15, 0.2) is 0 Å². The number of hydrogen-bond acceptors (Lipinski definition) is 4. The standard InChI is InChI=1S/C8H13ClO3S/c1-8(12-7(10)5-9)6-11-3-2-4-13-8/h2-6H2,1H3. The normalized spacial score (nSPS) is 29.4. The van der Waals surface area contributed by atoms with Crippen LogP contribution in [0, 0.1) is 0 Å². The molecule has 1 heterocycles. The molecule has 0 spiro atoms. The fourth-order valence-electron chi connectivity index (χ4n) is 1.08. The molecule has 1 saturated heterocycles. The van der Waals surface area contributed by atoms with E-state index < -0.39 is 4.93 Å². The lowest BCUT2D eigenvalue weighted by Gasteiger charge is -2.26. The minimum atomic E-state index is -0.553. The van der Waals surface area contributed by atoms with E-state index in [-0.39, 0.29) is 11.8 Å². The Bertz CT molecular complexity index is 178. The van der Waals surface area contributed by atoms with Crippen molar-refractivity contribution in [2.75, 3.05) is 24.8 Å². The molecule has 0 radical (unpaired) electrons. The summed E-state index contributed by atoms with van der Waals surface area (Å²) in [5, 5.41) is 0. The minimum absolute atomic E-state index is 0.101. The summed E-state index contributed by atoms with van der Waals surface area (Å²) < 4.78 is 10.5. The summed E-state index contributed by atoms with van der Waals surface area (Å²) in [4.78, 5) is 10.4. The highest BCUT2D eigenvalue weighted by molar-refractivity contribution is 8.00. The van der Waals surface area contributed by atoms with Crippen LogP contribution < -0.4 is 0 Å². The van der Waals surface area contributed by atoms with E-state index in [0.717, 1.165) is 18.8 Å². The molecular formula is C8H13ClO3S. The summed E-state index contributed by atoms with van der Waals surface area (Å²) in [6.45, 7) is 3.04. The molecule has 1 aliphatic rings. The van der Waals surface area contributed by atoms with Gasteiger partial charge in [0, 0.05) is 6.61 Å². The summed E-state index contributed by atoms with van der Waals surface area (Å²) in [7, 11) is 0. The number of halogens is 1. The van der Waals surface area contributed by atoms with Crippen molar-refractivity contribution in [3.63, 3.8) is 0 Å². The second-order valence-electron chi connectivity index (χ2n) is 3.00. The Hall–Kier alpha value is 0.0700. The maximum Gasteiger partial charge on any atom is 0.322 e. The van der Waals surface area contributed by atoms with E-state index in [9.17, 15) is 4.79 Å². The van der Waals surface area contributed by atoms with Gasteiger partial charge in [0.15, 0.2) is 4.93 Å². The van der Waals surface area contributed by atoms with Gasteiger partial charge in [-0.15, -0.1) is 23.4 Å². The van der Waals surface area contributed by atoms with Crippen LogP contribution in [0.4, 0.5) is 0 Å². The molecule has 0 saturated carbocycles. The molecule has 5 heteroatoms. The average molecular weight is 225 g/mol. The largest absolute Gasteiger partial charge is 0.445 e. The second kappa shape index (κ2) is 5.08. The zero-order valence-electron chi connectivity index (χ0n) is 7.55. The Labute approximate surface area is 87.1 Å². The van der Waals surface area contributed by atoms with Crippen LogP contribution >= 0.6 is 23.4 Å². The van der Waals surface area contributed by atoms with Crippen LogP contribution in [0.2, 0.25) is 0 Å². The van der Waals surface area contributed by atoms with E-state index in [2.05, 4.69) is 0 Å². The van der Waals surface area contributed by atoms with Crippen molar-refractivity contribution < 1.29 is 14.3 Å². The second-order valence-corrected chi connectivity index (χ2v) is 4.82. The van der Waals surface area contributed by atoms with Crippen LogP contribution in [0.25, 0.3) is 0 Å². The molecule has 0 bridgehead atoms. The summed E-state index contributed by atoms with van der Waals surface area (Å²) in [5.41, 5.74) is 0. The molecule has 0 aliphatic carbocycles. The maximum absolute atomic E-state index is 11.0. The maximum atomic E-state index is 11.0. The lowest BCUT2D eigenvalue weighted by Crippen LogP contribution is -2.33. The Kier molecular flexibility index (Phi) is 4.35. The molecule has 0 aromatic carbocycles. The molecule has 3 nitrogen and oxygen atoms in total. The average Bonchev–Trinajstić information content (AvgIpc) is 2.30. The van der Waals surface area contributed by atoms with Crippen LogP contribution in [-0.4, -0.2) is 35.7 Å². The summed E-state index contributed by atoms with van der Waals surface area (Å²) in [5.74, 6) is 0.463. The van der Waals surface area contributed by atoms with Crippen LogP contribution in [-0.2, 0) is 14.3 Å². The first-order valence-corrected chi connectivity index (χ1v) is 5.68. The fourth-order valence-corrected chi connectivity index (χ4v) is 2.14. The highest BCUT2D eigenvalue weighted by atomic mass is 35.5. The van der Waals surface area contributed by atoms with Crippen LogP contribution in [0.5, 0.6) is 0 Å². The first kappa shape index (κ1) is 11.1. The molecule has 1 fully saturated rings. The van der Waals surface area contributed by atoms with Crippen molar-refractivity contribution >= 4 is 29.3 Å². The summed E-state index contributed by atoms with van der Waals surface area (Å²) in [6.07, 6.45) is 0.999. The van der Waals surface area contributed by atoms with E-state index in [1.165, 1.54) is 0 Å². The van der Waals surface area contributed by atoms with E-state index in [1.54, 1.807) is 11.8 Å². The molecule has 76 valence electrons. The third-order valence-electron chi connectivity index (χ3n) is 1.64. The molecule has 0 N–H and O–H groups in total. The van der Waals surface area contributed by atoms with E-state index >= 15 is 0 Å². The lowest BCUT2D eigenvalue weighted by molar-refractivity contribution is -0.150. The number of ether oxygens (including phenoxy) is 2. The van der Waals surface area contributed by atoms with E-state index in [4.69, 9.17) is 21.1 Å². The number of rotatable bonds is 2. The lowest BCUT2D eigenvalue weighted by atomic mass is 10.4. The molecular weight excluding hydrogens is 212 g/mol. The molecule has 13 heavy (non-hydrogen) atoms. The quantitative estimate of drug-likeness (QED) is 0.528. The van der Waals surface area contributed by atoms with Crippen LogP contribution in [0.3, 0.4) is 0 Å². The number of alkyl halides is 1. The van der Waals surface area contributed by atoms with Crippen molar-refractivity contribution in [3.05, 3.63) is 0 Å². The zero-order chi connectivity index (χ0) is 9.73. The number of carbonyl (C=O) groups excluding carboxylic acids is 1. The van der Waals surface area contributed by atoms with Gasteiger partial charge in [0.05, 0.1) is 6.61 Å². The van der Waals surface area contributed by atoms with Crippen molar-refractivity contribution in [2.24, 2.45) is 0 Å². The predicted molar refractivity (Wildman–Crippen MR) is 53.1 cm³/mol. The van der Waals surface area contributed by atoms with E-state index in [0.29, 0.717) is 6.61 Å². The van der Waals surface area contributed by atoms with Crippen LogP contribution in [0.1, 0.15) is 13.3 Å². The monoisotopic (exact) mass is 224 g/mol. The van der Waals surface area contributed by atoms with Gasteiger partial charge < -0.3 is 9.47 Å². The predicted octanol–water partition coefficient (Wildman–Crippen LogP) is 1.64. The first-order chi connectivity index (χ1) is 6.16. The highest BCUT2D eigenvalue weighted by Gasteiger charge is 2.30. The van der Waals surface area contributed by atoms with Gasteiger partial charge >= 0.3 is 5.97 Å². The van der Waals surface area contributed by atoms with Gasteiger partial charge in [0.2, 0.25) is 0 Å². The van der Waals surface area contributed by atoms with Gasteiger partial charge in [-0.1, -0.05) is 0 Å². The molecule has 0 aromatic rings. The molecule has 0 aromatic heterocycles. The number of carbonyl (C=O) groups is 1. The van der Waals surface area contributed by atoms with Gasteiger partial charge in [0.25, 0.3) is 0 Å². The Morgan fingerprint density at radius 1 is 1.77 bits per heavy atom. The summed E-state index contributed by atoms with van der Waals surface area (Å²) in [6, 6.07) is 0. The topological polar surface area (TPSA) is 35.5 Å². The van der Waals surface area contributed by atoms with Crippen molar-refractivity contribution in [2.45, 2.75) is 18.3 Å². The molecule has 1 rings (SSSR count). The van der Waals surface area contributed by atoms with Crippen molar-refractivity contribution in [3.8, 4) is 0 Å². The van der Waals surface area contributed by atoms with Crippen molar-refractivity contribution in [1.82, 2.24) is 0 Å². The SMILES string of the molecule is CC1(OC(=O)CCl)COCCCS1. The minimum Gasteiger partial charge on any atom is -0.445 e. The van der Waals surface area contributed by atoms with E-state index in [1.807, 2.05) is 6.92 Å². The third kappa shape index (κ3) is 3.75. The Morgan fingerprint density at radius 2 is 2.54 bits per heavy atom. The molecule has 1 aliphatic heterocycles. The van der Waals surface area contributed by atoms with Gasteiger partial charge in [-0.2, -0.15) is 0 Å². The summed E-state index contributed by atoms with van der Waals surface area (Å²) >= 11 is 6.95. The van der Waals surface area contributed by atoms with Gasteiger partial charge in [-0.05, 0) is 19.1 Å². The van der Waals surface area contributed by atoms with Crippen molar-refractivity contribution in [1.29, 1.82) is 0 Å². The Morgan fingerprint density at radius 3 is 3.23 bits per heavy atom. The van der Waals surface area contributed by atoms with Gasteiger partial charge in [0.1, 0.15) is 5.88 Å². The molecule has 1 unspecified atom stereocenters. The first-order valence-electron chi connectivity index (χ1n) is 4.16. The number of esters is 1. The smallest absolute Gasteiger partial charge is 0.322 e. The number of hydrogen-bond donors (Lipinski definition) is 0. The zero-order valence-corrected chi connectivity index (χ0v) is 9.12. The van der Waals surface area contributed by atoms with Gasteiger partial charge in [-0.3, -0.25) is 4.79 Å². The fraction of sp³-hybridized carbons (Fsp3) is 0.875.